The van der Waals surface area contributed by atoms with E-state index in [2.05, 4.69) is 0 Å². The molecule has 1 amide bonds. The molecule has 1 aliphatic heterocycles. The largest absolute Gasteiger partial charge is 0.503 e. The van der Waals surface area contributed by atoms with E-state index in [9.17, 15) is 19.8 Å². The van der Waals surface area contributed by atoms with Crippen LogP contribution < -0.4 is 9.47 Å². The number of aromatic carboxylic acids is 1. The number of ether oxygens (including phenoxy) is 2. The molecule has 3 aromatic carbocycles. The molecule has 2 N–H and O–H groups in total. The molecule has 0 bridgehead atoms. The van der Waals surface area contributed by atoms with Crippen molar-refractivity contribution in [3.63, 3.8) is 0 Å². The number of carbonyl (C=O) groups is 2. The van der Waals surface area contributed by atoms with Crippen molar-refractivity contribution in [2.24, 2.45) is 0 Å². The smallest absolute Gasteiger partial charge is 0.335 e. The zero-order valence-electron chi connectivity index (χ0n) is 19.8. The van der Waals surface area contributed by atoms with E-state index in [1.54, 1.807) is 31.3 Å². The Morgan fingerprint density at radius 2 is 1.60 bits per heavy atom. The zero-order chi connectivity index (χ0) is 25.1. The van der Waals surface area contributed by atoms with Crippen molar-refractivity contribution in [2.45, 2.75) is 19.4 Å². The van der Waals surface area contributed by atoms with Gasteiger partial charge in [0.1, 0.15) is 0 Å². The summed E-state index contributed by atoms with van der Waals surface area (Å²) in [6, 6.07) is 19.0. The predicted octanol–water partition coefficient (Wildman–Crippen LogP) is 4.81. The number of carboxylic acid groups (broad SMARTS) is 1. The third-order valence-electron chi connectivity index (χ3n) is 6.23. The second-order valence-corrected chi connectivity index (χ2v) is 8.40. The lowest BCUT2D eigenvalue weighted by Gasteiger charge is -2.27. The lowest BCUT2D eigenvalue weighted by Crippen LogP contribution is -2.32. The molecule has 1 aliphatic rings. The van der Waals surface area contributed by atoms with E-state index in [1.165, 1.54) is 12.1 Å². The molecule has 1 heterocycles. The van der Waals surface area contributed by atoms with E-state index in [4.69, 9.17) is 9.47 Å². The van der Waals surface area contributed by atoms with Crippen molar-refractivity contribution in [3.05, 3.63) is 100 Å². The third-order valence-corrected chi connectivity index (χ3v) is 6.23. The van der Waals surface area contributed by atoms with Crippen molar-refractivity contribution >= 4 is 17.4 Å². The van der Waals surface area contributed by atoms with Crippen LogP contribution in [0.5, 0.6) is 11.5 Å². The van der Waals surface area contributed by atoms with Gasteiger partial charge in [0.15, 0.2) is 17.3 Å². The molecule has 0 radical (unpaired) electrons. The molecule has 0 saturated heterocycles. The quantitative estimate of drug-likeness (QED) is 0.488. The van der Waals surface area contributed by atoms with Crippen molar-refractivity contribution in [3.8, 4) is 11.5 Å². The van der Waals surface area contributed by atoms with Gasteiger partial charge in [-0.05, 0) is 54.3 Å². The lowest BCUT2D eigenvalue weighted by molar-refractivity contribution is -0.129. The summed E-state index contributed by atoms with van der Waals surface area (Å²) in [6.45, 7) is 2.30. The highest BCUT2D eigenvalue weighted by Crippen LogP contribution is 2.43. The number of aliphatic hydroxyl groups excluding tert-OH is 1. The first-order valence-corrected chi connectivity index (χ1v) is 11.2. The summed E-state index contributed by atoms with van der Waals surface area (Å²) in [5.41, 5.74) is 4.12. The average molecular weight is 474 g/mol. The minimum atomic E-state index is -1.03. The Hall–Kier alpha value is -4.26. The van der Waals surface area contributed by atoms with Gasteiger partial charge in [0, 0.05) is 12.1 Å². The molecular formula is C28H27NO6. The first-order valence-electron chi connectivity index (χ1n) is 11.2. The fourth-order valence-electron chi connectivity index (χ4n) is 4.35. The second kappa shape index (κ2) is 9.93. The molecular weight excluding hydrogens is 446 g/mol. The third kappa shape index (κ3) is 4.71. The van der Waals surface area contributed by atoms with Crippen LogP contribution >= 0.6 is 0 Å². The highest BCUT2D eigenvalue weighted by molar-refractivity contribution is 6.05. The predicted molar refractivity (Wildman–Crippen MR) is 132 cm³/mol. The normalized spacial score (nSPS) is 15.5. The summed E-state index contributed by atoms with van der Waals surface area (Å²) in [5.74, 6) is -0.575. The Morgan fingerprint density at radius 3 is 2.20 bits per heavy atom. The SMILES string of the molecule is COc1ccc(CCN2C(=O)C(O)=C(c3ccc(C)cc3)[C@@H]2c2ccc(C(=O)O)cc2)cc1OC. The Morgan fingerprint density at radius 1 is 0.943 bits per heavy atom. The van der Waals surface area contributed by atoms with Gasteiger partial charge in [0.05, 0.1) is 25.8 Å². The number of hydrogen-bond acceptors (Lipinski definition) is 5. The Balaban J connectivity index is 1.70. The number of amides is 1. The van der Waals surface area contributed by atoms with E-state index >= 15 is 0 Å². The molecule has 35 heavy (non-hydrogen) atoms. The van der Waals surface area contributed by atoms with E-state index in [1.807, 2.05) is 49.4 Å². The molecule has 0 fully saturated rings. The summed E-state index contributed by atoms with van der Waals surface area (Å²) in [5, 5.41) is 20.2. The highest BCUT2D eigenvalue weighted by Gasteiger charge is 2.40. The molecule has 7 heteroatoms. The number of aryl methyl sites for hydroxylation is 1. The number of hydrogen-bond donors (Lipinski definition) is 2. The topological polar surface area (TPSA) is 96.3 Å². The van der Waals surface area contributed by atoms with Crippen LogP contribution in [-0.2, 0) is 11.2 Å². The maximum Gasteiger partial charge on any atom is 0.335 e. The van der Waals surface area contributed by atoms with Gasteiger partial charge in [0.25, 0.3) is 5.91 Å². The van der Waals surface area contributed by atoms with Crippen LogP contribution in [0.3, 0.4) is 0 Å². The van der Waals surface area contributed by atoms with Gasteiger partial charge in [-0.3, -0.25) is 4.79 Å². The van der Waals surface area contributed by atoms with Crippen LogP contribution in [0.1, 0.15) is 38.7 Å². The van der Waals surface area contributed by atoms with Gasteiger partial charge < -0.3 is 24.6 Å². The summed E-state index contributed by atoms with van der Waals surface area (Å²) in [4.78, 5) is 26.2. The number of aliphatic hydroxyl groups is 1. The summed E-state index contributed by atoms with van der Waals surface area (Å²) >= 11 is 0. The van der Waals surface area contributed by atoms with E-state index in [-0.39, 0.29) is 11.3 Å². The molecule has 4 rings (SSSR count). The van der Waals surface area contributed by atoms with E-state index < -0.39 is 17.9 Å². The van der Waals surface area contributed by atoms with Gasteiger partial charge in [-0.1, -0.05) is 48.0 Å². The fourth-order valence-corrected chi connectivity index (χ4v) is 4.35. The maximum absolute atomic E-state index is 13.2. The molecule has 0 aliphatic carbocycles. The van der Waals surface area contributed by atoms with E-state index in [0.29, 0.717) is 30.0 Å². The van der Waals surface area contributed by atoms with E-state index in [0.717, 1.165) is 22.3 Å². The molecule has 180 valence electrons. The van der Waals surface area contributed by atoms with Gasteiger partial charge in [-0.15, -0.1) is 0 Å². The maximum atomic E-state index is 13.2. The number of methoxy groups -OCH3 is 2. The molecule has 0 saturated carbocycles. The molecule has 0 aromatic heterocycles. The number of carboxylic acids is 1. The molecule has 7 nitrogen and oxygen atoms in total. The van der Waals surface area contributed by atoms with Crippen LogP contribution in [0, 0.1) is 6.92 Å². The van der Waals surface area contributed by atoms with Gasteiger partial charge in [-0.2, -0.15) is 0 Å². The number of nitrogens with zero attached hydrogens (tertiary/aromatic N) is 1. The Labute approximate surface area is 203 Å². The van der Waals surface area contributed by atoms with Crippen LogP contribution in [0.25, 0.3) is 5.57 Å². The monoisotopic (exact) mass is 473 g/mol. The molecule has 3 aromatic rings. The first kappa shape index (κ1) is 23.9. The Kier molecular flexibility index (Phi) is 6.78. The Bertz CT molecular complexity index is 1280. The minimum absolute atomic E-state index is 0.153. The highest BCUT2D eigenvalue weighted by atomic mass is 16.5. The standard InChI is InChI=1S/C28H27NO6/c1-17-4-7-19(8-5-17)24-25(20-9-11-21(12-10-20)28(32)33)29(27(31)26(24)30)15-14-18-6-13-22(34-2)23(16-18)35-3/h4-13,16,25,30H,14-15H2,1-3H3,(H,32,33)/t25-/m0/s1. The first-order chi connectivity index (χ1) is 16.8. The van der Waals surface area contributed by atoms with Gasteiger partial charge in [0.2, 0.25) is 0 Å². The minimum Gasteiger partial charge on any atom is -0.503 e. The fraction of sp³-hybridized carbons (Fsp3) is 0.214. The molecule has 0 spiro atoms. The average Bonchev–Trinajstić information content (AvgIpc) is 3.12. The van der Waals surface area contributed by atoms with Crippen molar-refractivity contribution in [2.75, 3.05) is 20.8 Å². The lowest BCUT2D eigenvalue weighted by atomic mass is 9.92. The van der Waals surface area contributed by atoms with Crippen molar-refractivity contribution < 1.29 is 29.3 Å². The number of carbonyl (C=O) groups excluding carboxylic acids is 1. The van der Waals surface area contributed by atoms with Crippen LogP contribution in [-0.4, -0.2) is 47.8 Å². The van der Waals surface area contributed by atoms with Gasteiger partial charge >= 0.3 is 5.97 Å². The van der Waals surface area contributed by atoms with Crippen LogP contribution in [0.15, 0.2) is 72.5 Å². The summed E-state index contributed by atoms with van der Waals surface area (Å²) in [7, 11) is 3.14. The van der Waals surface area contributed by atoms with Crippen LogP contribution in [0.4, 0.5) is 0 Å². The summed E-state index contributed by atoms with van der Waals surface area (Å²) in [6.07, 6.45) is 0.518. The van der Waals surface area contributed by atoms with Crippen molar-refractivity contribution in [1.82, 2.24) is 4.90 Å². The van der Waals surface area contributed by atoms with Crippen LogP contribution in [0.2, 0.25) is 0 Å². The zero-order valence-corrected chi connectivity index (χ0v) is 19.8. The van der Waals surface area contributed by atoms with Gasteiger partial charge in [-0.25, -0.2) is 4.79 Å². The molecule has 1 atom stereocenters. The summed E-state index contributed by atoms with van der Waals surface area (Å²) < 4.78 is 10.7. The number of benzene rings is 3. The number of rotatable bonds is 8. The van der Waals surface area contributed by atoms with Crippen molar-refractivity contribution in [1.29, 1.82) is 0 Å². The second-order valence-electron chi connectivity index (χ2n) is 8.40. The molecule has 0 unspecified atom stereocenters.